The summed E-state index contributed by atoms with van der Waals surface area (Å²) in [5, 5.41) is 0. The molecule has 0 spiro atoms. The van der Waals surface area contributed by atoms with Crippen molar-refractivity contribution in [1.82, 2.24) is 4.90 Å². The number of rotatable bonds is 8. The van der Waals surface area contributed by atoms with Gasteiger partial charge in [0.1, 0.15) is 0 Å². The molecule has 0 unspecified atom stereocenters. The van der Waals surface area contributed by atoms with Gasteiger partial charge in [-0.25, -0.2) is 0 Å². The van der Waals surface area contributed by atoms with Gasteiger partial charge in [0.05, 0.1) is 5.75 Å². The first kappa shape index (κ1) is 18.5. The number of halogens is 1. The van der Waals surface area contributed by atoms with Crippen molar-refractivity contribution in [3.8, 4) is 0 Å². The molecule has 0 aliphatic heterocycles. The van der Waals surface area contributed by atoms with E-state index in [9.17, 15) is 9.59 Å². The number of thioether (sulfide) groups is 1. The minimum Gasteiger partial charge on any atom is -0.370 e. The van der Waals surface area contributed by atoms with E-state index in [0.29, 0.717) is 18.8 Å². The molecule has 4 nitrogen and oxygen atoms in total. The zero-order valence-corrected chi connectivity index (χ0v) is 15.6. The number of hydrogen-bond acceptors (Lipinski definition) is 3. The van der Waals surface area contributed by atoms with E-state index in [1.165, 1.54) is 11.8 Å². The molecule has 0 atom stereocenters. The summed E-state index contributed by atoms with van der Waals surface area (Å²) < 4.78 is 0.981. The van der Waals surface area contributed by atoms with Gasteiger partial charge in [0.25, 0.3) is 0 Å². The van der Waals surface area contributed by atoms with Gasteiger partial charge in [-0.05, 0) is 23.8 Å². The third kappa shape index (κ3) is 6.37. The quantitative estimate of drug-likeness (QED) is 0.682. The van der Waals surface area contributed by atoms with Crippen LogP contribution in [0.25, 0.3) is 0 Å². The van der Waals surface area contributed by atoms with Crippen molar-refractivity contribution in [2.75, 3.05) is 12.3 Å². The largest absolute Gasteiger partial charge is 0.370 e. The summed E-state index contributed by atoms with van der Waals surface area (Å²) in [6.07, 6.45) is 0.167. The van der Waals surface area contributed by atoms with Crippen LogP contribution in [0.15, 0.2) is 64.0 Å². The Morgan fingerprint density at radius 1 is 1.08 bits per heavy atom. The fraction of sp³-hybridized carbons (Fsp3) is 0.222. The van der Waals surface area contributed by atoms with Crippen LogP contribution in [-0.4, -0.2) is 29.0 Å². The number of benzene rings is 2. The summed E-state index contributed by atoms with van der Waals surface area (Å²) in [4.78, 5) is 26.3. The van der Waals surface area contributed by atoms with Crippen molar-refractivity contribution < 1.29 is 9.59 Å². The Balaban J connectivity index is 1.99. The van der Waals surface area contributed by atoms with E-state index in [-0.39, 0.29) is 12.3 Å². The van der Waals surface area contributed by atoms with Crippen LogP contribution in [-0.2, 0) is 16.1 Å². The van der Waals surface area contributed by atoms with Crippen molar-refractivity contribution in [2.24, 2.45) is 5.73 Å². The van der Waals surface area contributed by atoms with Gasteiger partial charge in [0.2, 0.25) is 11.8 Å². The number of carbonyl (C=O) groups is 2. The predicted molar refractivity (Wildman–Crippen MR) is 101 cm³/mol. The number of amides is 2. The highest BCUT2D eigenvalue weighted by molar-refractivity contribution is 9.10. The van der Waals surface area contributed by atoms with Crippen LogP contribution in [0.3, 0.4) is 0 Å². The van der Waals surface area contributed by atoms with Crippen molar-refractivity contribution in [3.63, 3.8) is 0 Å². The smallest absolute Gasteiger partial charge is 0.233 e. The fourth-order valence-electron chi connectivity index (χ4n) is 2.13. The van der Waals surface area contributed by atoms with E-state index in [4.69, 9.17) is 5.73 Å². The number of hydrogen-bond donors (Lipinski definition) is 1. The molecule has 2 rings (SSSR count). The third-order valence-corrected chi connectivity index (χ3v) is 4.83. The van der Waals surface area contributed by atoms with Crippen molar-refractivity contribution in [2.45, 2.75) is 17.9 Å². The molecule has 0 bridgehead atoms. The van der Waals surface area contributed by atoms with E-state index in [1.807, 2.05) is 54.6 Å². The van der Waals surface area contributed by atoms with Gasteiger partial charge in [-0.1, -0.05) is 52.3 Å². The Morgan fingerprint density at radius 3 is 2.50 bits per heavy atom. The van der Waals surface area contributed by atoms with Gasteiger partial charge in [-0.15, -0.1) is 11.8 Å². The fourth-order valence-corrected chi connectivity index (χ4v) is 3.54. The summed E-state index contributed by atoms with van der Waals surface area (Å²) >= 11 is 4.90. The molecule has 6 heteroatoms. The van der Waals surface area contributed by atoms with Gasteiger partial charge in [0, 0.05) is 28.9 Å². The van der Waals surface area contributed by atoms with Crippen LogP contribution in [0, 0.1) is 0 Å². The maximum atomic E-state index is 12.6. The lowest BCUT2D eigenvalue weighted by Gasteiger charge is -2.22. The minimum absolute atomic E-state index is 0.00919. The van der Waals surface area contributed by atoms with E-state index in [1.54, 1.807) is 4.90 Å². The summed E-state index contributed by atoms with van der Waals surface area (Å²) in [5.41, 5.74) is 6.26. The molecular weight excluding hydrogens is 388 g/mol. The van der Waals surface area contributed by atoms with Crippen molar-refractivity contribution >= 4 is 39.5 Å². The predicted octanol–water partition coefficient (Wildman–Crippen LogP) is 3.45. The molecule has 0 aromatic heterocycles. The van der Waals surface area contributed by atoms with Crippen LogP contribution >= 0.6 is 27.7 Å². The number of nitrogens with zero attached hydrogens (tertiary/aromatic N) is 1. The Morgan fingerprint density at radius 2 is 1.83 bits per heavy atom. The zero-order valence-electron chi connectivity index (χ0n) is 13.2. The Labute approximate surface area is 154 Å². The molecule has 0 fully saturated rings. The normalized spacial score (nSPS) is 10.4. The summed E-state index contributed by atoms with van der Waals surface area (Å²) in [6, 6.07) is 17.5. The monoisotopic (exact) mass is 406 g/mol. The molecule has 24 heavy (non-hydrogen) atoms. The van der Waals surface area contributed by atoms with Gasteiger partial charge < -0.3 is 10.6 Å². The Hall–Kier alpha value is -1.79. The molecule has 0 aliphatic carbocycles. The van der Waals surface area contributed by atoms with E-state index < -0.39 is 5.91 Å². The van der Waals surface area contributed by atoms with Gasteiger partial charge in [-0.2, -0.15) is 0 Å². The van der Waals surface area contributed by atoms with Crippen LogP contribution in [0.1, 0.15) is 12.0 Å². The van der Waals surface area contributed by atoms with Crippen LogP contribution in [0.2, 0.25) is 0 Å². The van der Waals surface area contributed by atoms with Crippen molar-refractivity contribution in [1.29, 1.82) is 0 Å². The maximum Gasteiger partial charge on any atom is 0.233 e. The van der Waals surface area contributed by atoms with E-state index in [2.05, 4.69) is 15.9 Å². The zero-order chi connectivity index (χ0) is 17.4. The third-order valence-electron chi connectivity index (χ3n) is 3.36. The molecule has 2 N–H and O–H groups in total. The standard InChI is InChI=1S/C18H19BrN2O2S/c19-15-7-4-8-16(11-15)24-13-18(23)21(10-9-17(20)22)12-14-5-2-1-3-6-14/h1-8,11H,9-10,12-13H2,(H2,20,22). The first-order valence-corrected chi connectivity index (χ1v) is 9.31. The molecule has 0 saturated carbocycles. The minimum atomic E-state index is -0.402. The lowest BCUT2D eigenvalue weighted by atomic mass is 10.2. The molecule has 0 heterocycles. The lowest BCUT2D eigenvalue weighted by molar-refractivity contribution is -0.129. The molecule has 0 radical (unpaired) electrons. The average Bonchev–Trinajstić information content (AvgIpc) is 2.57. The molecule has 2 amide bonds. The molecule has 2 aromatic carbocycles. The molecule has 2 aromatic rings. The molecule has 0 saturated heterocycles. The van der Waals surface area contributed by atoms with Gasteiger partial charge in [0.15, 0.2) is 0 Å². The highest BCUT2D eigenvalue weighted by Crippen LogP contribution is 2.22. The van der Waals surface area contributed by atoms with Gasteiger partial charge >= 0.3 is 0 Å². The van der Waals surface area contributed by atoms with Crippen LogP contribution < -0.4 is 5.73 Å². The molecular formula is C18H19BrN2O2S. The highest BCUT2D eigenvalue weighted by Gasteiger charge is 2.15. The lowest BCUT2D eigenvalue weighted by Crippen LogP contribution is -2.34. The number of primary amides is 1. The second-order valence-electron chi connectivity index (χ2n) is 5.26. The maximum absolute atomic E-state index is 12.6. The van der Waals surface area contributed by atoms with Crippen LogP contribution in [0.4, 0.5) is 0 Å². The highest BCUT2D eigenvalue weighted by atomic mass is 79.9. The summed E-state index contributed by atoms with van der Waals surface area (Å²) in [6.45, 7) is 0.814. The van der Waals surface area contributed by atoms with E-state index >= 15 is 0 Å². The molecule has 126 valence electrons. The van der Waals surface area contributed by atoms with Crippen LogP contribution in [0.5, 0.6) is 0 Å². The topological polar surface area (TPSA) is 63.4 Å². The average molecular weight is 407 g/mol. The Kier molecular flexibility index (Phi) is 7.34. The summed E-state index contributed by atoms with van der Waals surface area (Å²) in [7, 11) is 0. The first-order valence-electron chi connectivity index (χ1n) is 7.53. The second kappa shape index (κ2) is 9.49. The van der Waals surface area contributed by atoms with E-state index in [0.717, 1.165) is 14.9 Å². The summed E-state index contributed by atoms with van der Waals surface area (Å²) in [5.74, 6) is -0.0900. The first-order chi connectivity index (χ1) is 11.5. The number of carbonyl (C=O) groups excluding carboxylic acids is 2. The van der Waals surface area contributed by atoms with Gasteiger partial charge in [-0.3, -0.25) is 9.59 Å². The Bertz CT molecular complexity index is 694. The number of nitrogens with two attached hydrogens (primary N) is 1. The SMILES string of the molecule is NC(=O)CCN(Cc1ccccc1)C(=O)CSc1cccc(Br)c1. The van der Waals surface area contributed by atoms with Crippen molar-refractivity contribution in [3.05, 3.63) is 64.6 Å². The molecule has 0 aliphatic rings. The second-order valence-corrected chi connectivity index (χ2v) is 7.23.